The second kappa shape index (κ2) is 13.7. The number of carbonyl (C=O) groups is 3. The van der Waals surface area contributed by atoms with Crippen LogP contribution in [0, 0.1) is 13.8 Å². The molecule has 1 saturated carbocycles. The second-order valence-electron chi connectivity index (χ2n) is 11.2. The molecule has 1 fully saturated rings. The molecule has 0 saturated heterocycles. The highest BCUT2D eigenvalue weighted by molar-refractivity contribution is 5.92. The highest BCUT2D eigenvalue weighted by atomic mass is 16.6. The first-order valence-electron chi connectivity index (χ1n) is 13.6. The molecule has 2 N–H and O–H groups in total. The van der Waals surface area contributed by atoms with E-state index in [0.717, 1.165) is 61.6 Å². The average molecular weight is 502 g/mol. The first-order valence-corrected chi connectivity index (χ1v) is 13.6. The number of unbranched alkanes of at least 4 members (excludes halogenated alkanes) is 2. The van der Waals surface area contributed by atoms with E-state index in [2.05, 4.69) is 17.6 Å². The molecule has 1 aromatic carbocycles. The van der Waals surface area contributed by atoms with E-state index in [1.54, 1.807) is 32.6 Å². The van der Waals surface area contributed by atoms with Crippen molar-refractivity contribution in [1.29, 1.82) is 0 Å². The van der Waals surface area contributed by atoms with Crippen molar-refractivity contribution in [1.82, 2.24) is 15.5 Å². The van der Waals surface area contributed by atoms with E-state index in [-0.39, 0.29) is 17.9 Å². The van der Waals surface area contributed by atoms with Crippen LogP contribution in [-0.4, -0.2) is 47.0 Å². The zero-order chi connectivity index (χ0) is 26.9. The lowest BCUT2D eigenvalue weighted by Crippen LogP contribution is -2.53. The van der Waals surface area contributed by atoms with Gasteiger partial charge in [-0.15, -0.1) is 0 Å². The minimum absolute atomic E-state index is 0.128. The number of benzene rings is 1. The number of rotatable bonds is 10. The predicted octanol–water partition coefficient (Wildman–Crippen LogP) is 5.73. The molecule has 0 spiro atoms. The predicted molar refractivity (Wildman–Crippen MR) is 144 cm³/mol. The molecule has 2 rings (SSSR count). The Balaban J connectivity index is 2.40. The fraction of sp³-hybridized carbons (Fsp3) is 0.690. The van der Waals surface area contributed by atoms with Crippen LogP contribution in [0.4, 0.5) is 4.79 Å². The highest BCUT2D eigenvalue weighted by Crippen LogP contribution is 2.28. The molecule has 3 amide bonds. The molecular formula is C29H47N3O4. The summed E-state index contributed by atoms with van der Waals surface area (Å²) in [6.45, 7) is 13.5. The van der Waals surface area contributed by atoms with E-state index < -0.39 is 23.8 Å². The van der Waals surface area contributed by atoms with Gasteiger partial charge in [-0.3, -0.25) is 9.59 Å². The van der Waals surface area contributed by atoms with Crippen LogP contribution in [0.5, 0.6) is 0 Å². The summed E-state index contributed by atoms with van der Waals surface area (Å²) in [5, 5.41) is 5.93. The number of carbonyl (C=O) groups excluding carboxylic acids is 3. The first-order chi connectivity index (χ1) is 16.9. The van der Waals surface area contributed by atoms with Crippen molar-refractivity contribution < 1.29 is 19.1 Å². The average Bonchev–Trinajstić information content (AvgIpc) is 2.79. The smallest absolute Gasteiger partial charge is 0.408 e. The monoisotopic (exact) mass is 501 g/mol. The molecule has 0 radical (unpaired) electrons. The SMILES string of the molecule is CCCCCN(C(=O)C(C)NC(=O)OC(C)(C)C)C(C(=O)NC1CCCCC1)c1cc(C)ccc1C. The van der Waals surface area contributed by atoms with Crippen LogP contribution in [0.3, 0.4) is 0 Å². The number of aryl methyl sites for hydroxylation is 2. The van der Waals surface area contributed by atoms with Crippen LogP contribution in [0.15, 0.2) is 18.2 Å². The first kappa shape index (κ1) is 29.7. The van der Waals surface area contributed by atoms with Gasteiger partial charge in [-0.05, 0) is 71.9 Å². The summed E-state index contributed by atoms with van der Waals surface area (Å²) in [6.07, 6.45) is 7.41. The van der Waals surface area contributed by atoms with Gasteiger partial charge in [-0.2, -0.15) is 0 Å². The lowest BCUT2D eigenvalue weighted by Gasteiger charge is -2.36. The third-order valence-corrected chi connectivity index (χ3v) is 6.63. The van der Waals surface area contributed by atoms with Crippen molar-refractivity contribution in [2.45, 2.75) is 124 Å². The molecule has 2 atom stereocenters. The van der Waals surface area contributed by atoms with Crippen molar-refractivity contribution in [2.75, 3.05) is 6.54 Å². The third-order valence-electron chi connectivity index (χ3n) is 6.63. The maximum atomic E-state index is 13.9. The number of nitrogens with zero attached hydrogens (tertiary/aromatic N) is 1. The van der Waals surface area contributed by atoms with Crippen LogP contribution in [0.25, 0.3) is 0 Å². The topological polar surface area (TPSA) is 87.7 Å². The number of alkyl carbamates (subject to hydrolysis) is 1. The molecule has 0 aromatic heterocycles. The van der Waals surface area contributed by atoms with Crippen LogP contribution in [0.2, 0.25) is 0 Å². The van der Waals surface area contributed by atoms with Gasteiger partial charge >= 0.3 is 6.09 Å². The number of hydrogen-bond acceptors (Lipinski definition) is 4. The molecule has 0 aliphatic heterocycles. The highest BCUT2D eigenvalue weighted by Gasteiger charge is 2.36. The Morgan fingerprint density at radius 3 is 2.36 bits per heavy atom. The van der Waals surface area contributed by atoms with E-state index >= 15 is 0 Å². The molecule has 1 aliphatic rings. The Morgan fingerprint density at radius 2 is 1.75 bits per heavy atom. The lowest BCUT2D eigenvalue weighted by molar-refractivity contribution is -0.142. The fourth-order valence-corrected chi connectivity index (χ4v) is 4.73. The Labute approximate surface area is 217 Å². The Morgan fingerprint density at radius 1 is 1.08 bits per heavy atom. The molecule has 1 aliphatic carbocycles. The molecule has 7 nitrogen and oxygen atoms in total. The zero-order valence-corrected chi connectivity index (χ0v) is 23.4. The third kappa shape index (κ3) is 9.14. The largest absolute Gasteiger partial charge is 0.444 e. The molecule has 2 unspecified atom stereocenters. The summed E-state index contributed by atoms with van der Waals surface area (Å²) in [6, 6.07) is 4.56. The van der Waals surface area contributed by atoms with E-state index in [0.29, 0.717) is 6.54 Å². The van der Waals surface area contributed by atoms with Gasteiger partial charge in [0.1, 0.15) is 17.7 Å². The van der Waals surface area contributed by atoms with Crippen molar-refractivity contribution in [2.24, 2.45) is 0 Å². The van der Waals surface area contributed by atoms with Crippen molar-refractivity contribution in [3.05, 3.63) is 34.9 Å². The van der Waals surface area contributed by atoms with Crippen LogP contribution < -0.4 is 10.6 Å². The summed E-state index contributed by atoms with van der Waals surface area (Å²) in [5.74, 6) is -0.438. The van der Waals surface area contributed by atoms with Gasteiger partial charge in [0.05, 0.1) is 0 Å². The van der Waals surface area contributed by atoms with Gasteiger partial charge in [0.2, 0.25) is 11.8 Å². The number of hydrogen-bond donors (Lipinski definition) is 2. The fourth-order valence-electron chi connectivity index (χ4n) is 4.73. The van der Waals surface area contributed by atoms with Gasteiger partial charge < -0.3 is 20.3 Å². The Kier molecular flexibility index (Phi) is 11.3. The van der Waals surface area contributed by atoms with Crippen molar-refractivity contribution >= 4 is 17.9 Å². The van der Waals surface area contributed by atoms with Crippen LogP contribution >= 0.6 is 0 Å². The van der Waals surface area contributed by atoms with Crippen molar-refractivity contribution in [3.8, 4) is 0 Å². The van der Waals surface area contributed by atoms with Gasteiger partial charge in [0.25, 0.3) is 0 Å². The molecule has 0 heterocycles. The van der Waals surface area contributed by atoms with E-state index in [1.165, 1.54) is 6.42 Å². The zero-order valence-electron chi connectivity index (χ0n) is 23.4. The van der Waals surface area contributed by atoms with Gasteiger partial charge in [0.15, 0.2) is 0 Å². The summed E-state index contributed by atoms with van der Waals surface area (Å²) in [7, 11) is 0. The summed E-state index contributed by atoms with van der Waals surface area (Å²) < 4.78 is 5.36. The van der Waals surface area contributed by atoms with Crippen LogP contribution in [0.1, 0.15) is 109 Å². The maximum Gasteiger partial charge on any atom is 0.408 e. The number of nitrogens with one attached hydrogen (secondary N) is 2. The van der Waals surface area contributed by atoms with Crippen molar-refractivity contribution in [3.63, 3.8) is 0 Å². The molecule has 0 bridgehead atoms. The lowest BCUT2D eigenvalue weighted by atomic mass is 9.93. The maximum absolute atomic E-state index is 13.9. The van der Waals surface area contributed by atoms with E-state index in [9.17, 15) is 14.4 Å². The number of amides is 3. The summed E-state index contributed by atoms with van der Waals surface area (Å²) >= 11 is 0. The quantitative estimate of drug-likeness (QED) is 0.401. The normalized spacial score (nSPS) is 16.1. The van der Waals surface area contributed by atoms with E-state index in [1.807, 2.05) is 32.0 Å². The van der Waals surface area contributed by atoms with E-state index in [4.69, 9.17) is 4.74 Å². The standard InChI is InChI=1S/C29H47N3O4/c1-8-9-13-18-32(27(34)22(4)30-28(35)36-29(5,6)7)25(24-19-20(2)16-17-21(24)3)26(33)31-23-14-11-10-12-15-23/h16-17,19,22-23,25H,8-15,18H2,1-7H3,(H,30,35)(H,31,33). The summed E-state index contributed by atoms with van der Waals surface area (Å²) in [5.41, 5.74) is 2.16. The molecule has 1 aromatic rings. The number of ether oxygens (including phenoxy) is 1. The summed E-state index contributed by atoms with van der Waals surface area (Å²) in [4.78, 5) is 41.8. The van der Waals surface area contributed by atoms with Gasteiger partial charge in [-0.25, -0.2) is 4.79 Å². The Hall–Kier alpha value is -2.57. The molecule has 7 heteroatoms. The van der Waals surface area contributed by atoms with Gasteiger partial charge in [0, 0.05) is 12.6 Å². The minimum atomic E-state index is -0.837. The minimum Gasteiger partial charge on any atom is -0.444 e. The Bertz CT molecular complexity index is 887. The molecule has 202 valence electrons. The second-order valence-corrected chi connectivity index (χ2v) is 11.2. The molecule has 36 heavy (non-hydrogen) atoms. The van der Waals surface area contributed by atoms with Gasteiger partial charge in [-0.1, -0.05) is 62.8 Å². The molecular weight excluding hydrogens is 454 g/mol. The van der Waals surface area contributed by atoms with Crippen LogP contribution in [-0.2, 0) is 14.3 Å².